The second kappa shape index (κ2) is 8.67. The van der Waals surface area contributed by atoms with Crippen molar-refractivity contribution in [3.8, 4) is 0 Å². The summed E-state index contributed by atoms with van der Waals surface area (Å²) in [4.78, 5) is 0. The summed E-state index contributed by atoms with van der Waals surface area (Å²) in [5, 5.41) is 3.06. The molecular weight excluding hydrogens is 292 g/mol. The van der Waals surface area contributed by atoms with E-state index in [0.717, 1.165) is 29.8 Å². The second-order valence-corrected chi connectivity index (χ2v) is 7.65. The van der Waals surface area contributed by atoms with Crippen LogP contribution in [0.15, 0.2) is 24.3 Å². The zero-order valence-corrected chi connectivity index (χ0v) is 14.0. The largest absolute Gasteiger partial charge is 0.316 e. The van der Waals surface area contributed by atoms with Gasteiger partial charge < -0.3 is 5.32 Å². The van der Waals surface area contributed by atoms with Gasteiger partial charge in [-0.05, 0) is 43.5 Å². The van der Waals surface area contributed by atoms with E-state index in [1.165, 1.54) is 0 Å². The lowest BCUT2D eigenvalue weighted by Gasteiger charge is -2.14. The summed E-state index contributed by atoms with van der Waals surface area (Å²) >= 11 is 1.73. The number of hydrogen-bond acceptors (Lipinski definition) is 4. The molecule has 1 aromatic rings. The molecule has 1 unspecified atom stereocenters. The van der Waals surface area contributed by atoms with Crippen molar-refractivity contribution < 1.29 is 8.42 Å². The molecule has 1 atom stereocenters. The van der Waals surface area contributed by atoms with Crippen molar-refractivity contribution in [2.45, 2.75) is 31.7 Å². The Morgan fingerprint density at radius 1 is 1.30 bits per heavy atom. The van der Waals surface area contributed by atoms with Crippen molar-refractivity contribution in [1.82, 2.24) is 10.0 Å². The van der Waals surface area contributed by atoms with E-state index in [4.69, 9.17) is 0 Å². The summed E-state index contributed by atoms with van der Waals surface area (Å²) < 4.78 is 27.0. The van der Waals surface area contributed by atoms with Crippen molar-refractivity contribution in [1.29, 1.82) is 0 Å². The molecule has 0 fully saturated rings. The molecule has 0 amide bonds. The molecule has 6 heteroatoms. The Balaban J connectivity index is 2.63. The summed E-state index contributed by atoms with van der Waals surface area (Å²) in [6.45, 7) is 2.65. The van der Waals surface area contributed by atoms with E-state index in [9.17, 15) is 8.42 Å². The highest BCUT2D eigenvalue weighted by Crippen LogP contribution is 2.10. The molecule has 2 N–H and O–H groups in total. The molecule has 1 rings (SSSR count). The van der Waals surface area contributed by atoms with E-state index in [2.05, 4.69) is 10.0 Å². The molecule has 0 aromatic heterocycles. The molecule has 0 heterocycles. The van der Waals surface area contributed by atoms with E-state index >= 15 is 0 Å². The van der Waals surface area contributed by atoms with Gasteiger partial charge >= 0.3 is 0 Å². The van der Waals surface area contributed by atoms with Gasteiger partial charge in [0.2, 0.25) is 10.0 Å². The van der Waals surface area contributed by atoms with Crippen LogP contribution >= 0.6 is 11.8 Å². The minimum Gasteiger partial charge on any atom is -0.316 e. The SMILES string of the molecule is CNCc1cccc(CS(=O)(=O)NC(C)CCSC)c1. The molecule has 4 nitrogen and oxygen atoms in total. The normalized spacial score (nSPS) is 13.3. The first-order chi connectivity index (χ1) is 9.46. The van der Waals surface area contributed by atoms with E-state index in [0.29, 0.717) is 0 Å². The number of benzene rings is 1. The van der Waals surface area contributed by atoms with Gasteiger partial charge in [-0.2, -0.15) is 11.8 Å². The van der Waals surface area contributed by atoms with E-state index in [1.54, 1.807) is 11.8 Å². The standard InChI is InChI=1S/C14H24N2O2S2/c1-12(7-8-19-3)16-20(17,18)11-14-6-4-5-13(9-14)10-15-2/h4-6,9,12,15-16H,7-8,10-11H2,1-3H3. The first-order valence-electron chi connectivity index (χ1n) is 6.68. The minimum atomic E-state index is -3.28. The average molecular weight is 316 g/mol. The molecule has 0 aliphatic rings. The predicted molar refractivity (Wildman–Crippen MR) is 87.4 cm³/mol. The Morgan fingerprint density at radius 2 is 2.00 bits per heavy atom. The number of nitrogens with one attached hydrogen (secondary N) is 2. The maximum absolute atomic E-state index is 12.1. The predicted octanol–water partition coefficient (Wildman–Crippen LogP) is 1.97. The van der Waals surface area contributed by atoms with Gasteiger partial charge in [-0.25, -0.2) is 13.1 Å². The number of thioether (sulfide) groups is 1. The van der Waals surface area contributed by atoms with Gasteiger partial charge in [0, 0.05) is 12.6 Å². The third-order valence-corrected chi connectivity index (χ3v) is 4.98. The summed E-state index contributed by atoms with van der Waals surface area (Å²) in [7, 11) is -1.40. The number of sulfonamides is 1. The van der Waals surface area contributed by atoms with Crippen molar-refractivity contribution in [3.63, 3.8) is 0 Å². The maximum Gasteiger partial charge on any atom is 0.216 e. The zero-order chi connectivity index (χ0) is 15.0. The highest BCUT2D eigenvalue weighted by molar-refractivity contribution is 7.98. The average Bonchev–Trinajstić information content (AvgIpc) is 2.36. The van der Waals surface area contributed by atoms with Crippen molar-refractivity contribution in [3.05, 3.63) is 35.4 Å². The van der Waals surface area contributed by atoms with Gasteiger partial charge in [-0.3, -0.25) is 0 Å². The van der Waals surface area contributed by atoms with Gasteiger partial charge in [0.05, 0.1) is 5.75 Å². The van der Waals surface area contributed by atoms with Gasteiger partial charge in [0.25, 0.3) is 0 Å². The highest BCUT2D eigenvalue weighted by Gasteiger charge is 2.15. The lowest BCUT2D eigenvalue weighted by molar-refractivity contribution is 0.556. The first kappa shape index (κ1) is 17.5. The van der Waals surface area contributed by atoms with E-state index < -0.39 is 10.0 Å². The Bertz CT molecular complexity index is 504. The maximum atomic E-state index is 12.1. The highest BCUT2D eigenvalue weighted by atomic mass is 32.2. The topological polar surface area (TPSA) is 58.2 Å². The fraction of sp³-hybridized carbons (Fsp3) is 0.571. The fourth-order valence-corrected chi connectivity index (χ4v) is 3.98. The zero-order valence-electron chi connectivity index (χ0n) is 12.3. The lowest BCUT2D eigenvalue weighted by atomic mass is 10.1. The van der Waals surface area contributed by atoms with Crippen LogP contribution in [0.4, 0.5) is 0 Å². The Hall–Kier alpha value is -0.560. The molecule has 0 radical (unpaired) electrons. The summed E-state index contributed by atoms with van der Waals surface area (Å²) in [5.41, 5.74) is 1.91. The van der Waals surface area contributed by atoms with Crippen molar-refractivity contribution in [2.75, 3.05) is 19.1 Å². The molecule has 0 saturated carbocycles. The van der Waals surface area contributed by atoms with Crippen LogP contribution in [0.5, 0.6) is 0 Å². The summed E-state index contributed by atoms with van der Waals surface area (Å²) in [6.07, 6.45) is 2.87. The minimum absolute atomic E-state index is 0.0204. The van der Waals surface area contributed by atoms with Crippen molar-refractivity contribution in [2.24, 2.45) is 0 Å². The molecule has 0 aliphatic carbocycles. The third-order valence-electron chi connectivity index (χ3n) is 2.86. The molecule has 1 aromatic carbocycles. The van der Waals surface area contributed by atoms with Crippen LogP contribution in [0.1, 0.15) is 24.5 Å². The van der Waals surface area contributed by atoms with Crippen LogP contribution < -0.4 is 10.0 Å². The molecule has 0 spiro atoms. The smallest absolute Gasteiger partial charge is 0.216 e. The summed E-state index contributed by atoms with van der Waals surface area (Å²) in [6, 6.07) is 7.65. The molecule has 0 aliphatic heterocycles. The van der Waals surface area contributed by atoms with Gasteiger partial charge in [0.1, 0.15) is 0 Å². The van der Waals surface area contributed by atoms with Crippen LogP contribution in [0.3, 0.4) is 0 Å². The number of hydrogen-bond donors (Lipinski definition) is 2. The fourth-order valence-electron chi connectivity index (χ4n) is 1.95. The molecule has 0 saturated heterocycles. The first-order valence-corrected chi connectivity index (χ1v) is 9.73. The van der Waals surface area contributed by atoms with E-state index in [1.807, 2.05) is 44.5 Å². The van der Waals surface area contributed by atoms with Crippen LogP contribution in [0.2, 0.25) is 0 Å². The summed E-state index contributed by atoms with van der Waals surface area (Å²) in [5.74, 6) is 0.996. The molecular formula is C14H24N2O2S2. The molecule has 20 heavy (non-hydrogen) atoms. The van der Waals surface area contributed by atoms with Crippen molar-refractivity contribution >= 4 is 21.8 Å². The lowest BCUT2D eigenvalue weighted by Crippen LogP contribution is -2.33. The third kappa shape index (κ3) is 6.74. The van der Waals surface area contributed by atoms with Gasteiger partial charge in [0.15, 0.2) is 0 Å². The Morgan fingerprint density at radius 3 is 2.65 bits per heavy atom. The molecule has 0 bridgehead atoms. The Kier molecular flexibility index (Phi) is 7.58. The van der Waals surface area contributed by atoms with Crippen LogP contribution in [0.25, 0.3) is 0 Å². The number of rotatable bonds is 9. The van der Waals surface area contributed by atoms with Crippen LogP contribution in [-0.2, 0) is 22.3 Å². The van der Waals surface area contributed by atoms with Crippen LogP contribution in [-0.4, -0.2) is 33.5 Å². The Labute approximate surface area is 126 Å². The van der Waals surface area contributed by atoms with E-state index in [-0.39, 0.29) is 11.8 Å². The second-order valence-electron chi connectivity index (χ2n) is 4.91. The molecule has 114 valence electrons. The van der Waals surface area contributed by atoms with Crippen LogP contribution in [0, 0.1) is 0 Å². The quantitative estimate of drug-likeness (QED) is 0.731. The monoisotopic (exact) mass is 316 g/mol. The van der Waals surface area contributed by atoms with Gasteiger partial charge in [-0.1, -0.05) is 24.3 Å². The van der Waals surface area contributed by atoms with Gasteiger partial charge in [-0.15, -0.1) is 0 Å².